The molecule has 194 valence electrons. The van der Waals surface area contributed by atoms with Gasteiger partial charge in [-0.3, -0.25) is 0 Å². The van der Waals surface area contributed by atoms with Gasteiger partial charge in [-0.25, -0.2) is 4.79 Å². The number of nitrogens with zero attached hydrogens (tertiary/aromatic N) is 1. The predicted molar refractivity (Wildman–Crippen MR) is 150 cm³/mol. The maximum Gasteiger partial charge on any atom is 0.315 e. The lowest BCUT2D eigenvalue weighted by atomic mass is 9.81. The Morgan fingerprint density at radius 2 is 1.51 bits per heavy atom. The van der Waals surface area contributed by atoms with Crippen LogP contribution in [0.3, 0.4) is 0 Å². The van der Waals surface area contributed by atoms with Crippen molar-refractivity contribution in [3.8, 4) is 0 Å². The van der Waals surface area contributed by atoms with Crippen LogP contribution in [-0.2, 0) is 12.0 Å². The number of rotatable bonds is 8. The van der Waals surface area contributed by atoms with Gasteiger partial charge in [-0.1, -0.05) is 78.9 Å². The zero-order chi connectivity index (χ0) is 25.7. The molecular formula is C32H39N3O2. The molecule has 5 nitrogen and oxygen atoms in total. The van der Waals surface area contributed by atoms with Crippen LogP contribution in [0, 0.1) is 5.92 Å². The van der Waals surface area contributed by atoms with Gasteiger partial charge in [0.05, 0.1) is 6.04 Å². The summed E-state index contributed by atoms with van der Waals surface area (Å²) in [4.78, 5) is 15.5. The minimum absolute atomic E-state index is 0.178. The lowest BCUT2D eigenvalue weighted by Crippen LogP contribution is -2.54. The van der Waals surface area contributed by atoms with Crippen LogP contribution in [0.4, 0.5) is 10.5 Å². The van der Waals surface area contributed by atoms with Gasteiger partial charge >= 0.3 is 6.03 Å². The SMILES string of the molecule is C[C@@H](NC(=O)N[C@H]1CC[C@H](CCN2CCc3ccccc32)CC1)C(O)(c1ccccc1)c1ccccc1. The Bertz CT molecular complexity index is 1120. The number of anilines is 1. The summed E-state index contributed by atoms with van der Waals surface area (Å²) in [6.07, 6.45) is 6.67. The molecule has 1 aliphatic carbocycles. The maximum absolute atomic E-state index is 13.0. The van der Waals surface area contributed by atoms with E-state index in [4.69, 9.17) is 0 Å². The zero-order valence-electron chi connectivity index (χ0n) is 21.8. The van der Waals surface area contributed by atoms with Crippen LogP contribution in [-0.4, -0.2) is 36.3 Å². The molecule has 5 rings (SSSR count). The molecule has 2 aliphatic rings. The third kappa shape index (κ3) is 5.67. The monoisotopic (exact) mass is 497 g/mol. The molecule has 0 saturated heterocycles. The van der Waals surface area contributed by atoms with E-state index < -0.39 is 11.6 Å². The van der Waals surface area contributed by atoms with Crippen molar-refractivity contribution in [2.75, 3.05) is 18.0 Å². The lowest BCUT2D eigenvalue weighted by molar-refractivity contribution is 0.0470. The first kappa shape index (κ1) is 25.3. The van der Waals surface area contributed by atoms with E-state index in [9.17, 15) is 9.90 Å². The molecule has 3 N–H and O–H groups in total. The molecule has 0 unspecified atom stereocenters. The molecule has 1 saturated carbocycles. The molecule has 5 heteroatoms. The molecule has 1 heterocycles. The van der Waals surface area contributed by atoms with E-state index in [0.29, 0.717) is 5.92 Å². The average molecular weight is 498 g/mol. The zero-order valence-corrected chi connectivity index (χ0v) is 21.8. The number of hydrogen-bond donors (Lipinski definition) is 3. The second kappa shape index (κ2) is 11.4. The number of carbonyl (C=O) groups excluding carboxylic acids is 1. The Morgan fingerprint density at radius 1 is 0.919 bits per heavy atom. The van der Waals surface area contributed by atoms with E-state index in [-0.39, 0.29) is 12.1 Å². The number of urea groups is 1. The molecule has 0 bridgehead atoms. The summed E-state index contributed by atoms with van der Waals surface area (Å²) in [5.74, 6) is 0.717. The van der Waals surface area contributed by atoms with Crippen LogP contribution in [0.2, 0.25) is 0 Å². The molecule has 0 radical (unpaired) electrons. The predicted octanol–water partition coefficient (Wildman–Crippen LogP) is 5.62. The average Bonchev–Trinajstić information content (AvgIpc) is 3.36. The second-order valence-corrected chi connectivity index (χ2v) is 10.7. The van der Waals surface area contributed by atoms with Crippen LogP contribution in [0.5, 0.6) is 0 Å². The second-order valence-electron chi connectivity index (χ2n) is 10.7. The van der Waals surface area contributed by atoms with E-state index >= 15 is 0 Å². The standard InChI is InChI=1S/C32H39N3O2/c1-24(32(37,27-11-4-2-5-12-27)28-13-6-3-7-14-28)33-31(36)34-29-18-16-25(17-19-29)20-22-35-23-21-26-10-8-9-15-30(26)35/h2-15,24-25,29,37H,16-23H2,1H3,(H2,33,34,36)/t24-,25-,29-/m1/s1. The smallest absolute Gasteiger partial charge is 0.315 e. The van der Waals surface area contributed by atoms with Gasteiger partial charge in [0.1, 0.15) is 5.60 Å². The highest BCUT2D eigenvalue weighted by Crippen LogP contribution is 2.34. The topological polar surface area (TPSA) is 64.6 Å². The van der Waals surface area contributed by atoms with Crippen LogP contribution >= 0.6 is 0 Å². The van der Waals surface area contributed by atoms with Crippen molar-refractivity contribution in [2.45, 2.75) is 63.1 Å². The summed E-state index contributed by atoms with van der Waals surface area (Å²) in [7, 11) is 0. The van der Waals surface area contributed by atoms with Gasteiger partial charge in [-0.05, 0) is 74.1 Å². The van der Waals surface area contributed by atoms with Gasteiger partial charge in [-0.2, -0.15) is 0 Å². The Kier molecular flexibility index (Phi) is 7.80. The first-order valence-corrected chi connectivity index (χ1v) is 13.8. The first-order chi connectivity index (χ1) is 18.0. The number of fused-ring (bicyclic) bond motifs is 1. The number of amides is 2. The van der Waals surface area contributed by atoms with Crippen molar-refractivity contribution in [1.82, 2.24) is 10.6 Å². The third-order valence-corrected chi connectivity index (χ3v) is 8.37. The lowest BCUT2D eigenvalue weighted by Gasteiger charge is -2.36. The minimum atomic E-state index is -1.33. The summed E-state index contributed by atoms with van der Waals surface area (Å²) in [5, 5.41) is 18.1. The van der Waals surface area contributed by atoms with Gasteiger partial charge in [0.15, 0.2) is 0 Å². The van der Waals surface area contributed by atoms with Crippen LogP contribution < -0.4 is 15.5 Å². The molecule has 0 spiro atoms. The summed E-state index contributed by atoms with van der Waals surface area (Å²) >= 11 is 0. The fourth-order valence-electron chi connectivity index (χ4n) is 6.15. The molecule has 0 aromatic heterocycles. The molecule has 1 fully saturated rings. The van der Waals surface area contributed by atoms with Crippen molar-refractivity contribution >= 4 is 11.7 Å². The van der Waals surface area contributed by atoms with Gasteiger partial charge in [-0.15, -0.1) is 0 Å². The number of nitrogens with one attached hydrogen (secondary N) is 2. The fourth-order valence-corrected chi connectivity index (χ4v) is 6.15. The quantitative estimate of drug-likeness (QED) is 0.378. The summed E-state index contributed by atoms with van der Waals surface area (Å²) in [6.45, 7) is 4.12. The molecular weight excluding hydrogens is 458 g/mol. The van der Waals surface area contributed by atoms with Crippen LogP contribution in [0.15, 0.2) is 84.9 Å². The normalized spacial score (nSPS) is 20.2. The summed E-state index contributed by atoms with van der Waals surface area (Å²) < 4.78 is 0. The van der Waals surface area contributed by atoms with Gasteiger partial charge in [0.25, 0.3) is 0 Å². The minimum Gasteiger partial charge on any atom is -0.378 e. The fraction of sp³-hybridized carbons (Fsp3) is 0.406. The summed E-state index contributed by atoms with van der Waals surface area (Å²) in [5.41, 5.74) is 3.08. The highest BCUT2D eigenvalue weighted by molar-refractivity contribution is 5.75. The van der Waals surface area contributed by atoms with E-state index in [0.717, 1.165) is 56.3 Å². The van der Waals surface area contributed by atoms with Crippen molar-refractivity contribution in [2.24, 2.45) is 5.92 Å². The first-order valence-electron chi connectivity index (χ1n) is 13.8. The summed E-state index contributed by atoms with van der Waals surface area (Å²) in [6, 6.07) is 27.4. The largest absolute Gasteiger partial charge is 0.378 e. The van der Waals surface area contributed by atoms with Gasteiger partial charge in [0, 0.05) is 24.8 Å². The highest BCUT2D eigenvalue weighted by Gasteiger charge is 2.38. The van der Waals surface area contributed by atoms with Crippen molar-refractivity contribution in [3.63, 3.8) is 0 Å². The van der Waals surface area contributed by atoms with Gasteiger partial charge in [0.2, 0.25) is 0 Å². The number of para-hydroxylation sites is 1. The van der Waals surface area contributed by atoms with Crippen LogP contribution in [0.25, 0.3) is 0 Å². The molecule has 1 atom stereocenters. The van der Waals surface area contributed by atoms with E-state index in [2.05, 4.69) is 39.8 Å². The van der Waals surface area contributed by atoms with Crippen LogP contribution in [0.1, 0.15) is 55.7 Å². The van der Waals surface area contributed by atoms with Crippen molar-refractivity contribution < 1.29 is 9.90 Å². The Hall–Kier alpha value is -3.31. The number of aliphatic hydroxyl groups is 1. The van der Waals surface area contributed by atoms with Crippen molar-refractivity contribution in [3.05, 3.63) is 102 Å². The molecule has 1 aliphatic heterocycles. The maximum atomic E-state index is 13.0. The molecule has 37 heavy (non-hydrogen) atoms. The van der Waals surface area contributed by atoms with E-state index in [1.165, 1.54) is 17.7 Å². The highest BCUT2D eigenvalue weighted by atomic mass is 16.3. The Balaban J connectivity index is 1.12. The Morgan fingerprint density at radius 3 is 2.16 bits per heavy atom. The van der Waals surface area contributed by atoms with Crippen molar-refractivity contribution in [1.29, 1.82) is 0 Å². The molecule has 2 amide bonds. The van der Waals surface area contributed by atoms with Gasteiger partial charge < -0.3 is 20.6 Å². The molecule has 3 aromatic carbocycles. The molecule has 3 aromatic rings. The number of hydrogen-bond acceptors (Lipinski definition) is 3. The Labute approximate surface area is 220 Å². The van der Waals surface area contributed by atoms with E-state index in [1.54, 1.807) is 0 Å². The number of benzene rings is 3. The third-order valence-electron chi connectivity index (χ3n) is 8.37. The number of carbonyl (C=O) groups is 1. The van der Waals surface area contributed by atoms with E-state index in [1.807, 2.05) is 67.6 Å².